The average Bonchev–Trinajstić information content (AvgIpc) is 3.07. The fraction of sp³-hybridized carbons (Fsp3) is 0.211. The van der Waals surface area contributed by atoms with Gasteiger partial charge >= 0.3 is 0 Å². The van der Waals surface area contributed by atoms with Gasteiger partial charge in [0.1, 0.15) is 5.75 Å². The molecule has 0 fully saturated rings. The van der Waals surface area contributed by atoms with Crippen molar-refractivity contribution >= 4 is 33.6 Å². The number of rotatable bonds is 7. The maximum absolute atomic E-state index is 12.3. The molecule has 3 aromatic rings. The van der Waals surface area contributed by atoms with E-state index in [0.717, 1.165) is 21.3 Å². The number of nitrogen functional groups attached to an aromatic ring is 1. The second-order valence-corrected chi connectivity index (χ2v) is 7.89. The molecule has 3 N–H and O–H groups in total. The van der Waals surface area contributed by atoms with E-state index in [9.17, 15) is 4.79 Å². The number of nitrogens with two attached hydrogens (primary N) is 1. The van der Waals surface area contributed by atoms with E-state index in [1.54, 1.807) is 7.11 Å². The van der Waals surface area contributed by atoms with E-state index in [0.29, 0.717) is 11.0 Å². The van der Waals surface area contributed by atoms with Gasteiger partial charge in [-0.2, -0.15) is 0 Å². The summed E-state index contributed by atoms with van der Waals surface area (Å²) >= 11 is 4.64. The van der Waals surface area contributed by atoms with Gasteiger partial charge in [-0.05, 0) is 48.9 Å². The number of hydrogen-bond acceptors (Lipinski definition) is 6. The van der Waals surface area contributed by atoms with Crippen molar-refractivity contribution in [3.63, 3.8) is 0 Å². The van der Waals surface area contributed by atoms with Gasteiger partial charge in [-0.3, -0.25) is 4.79 Å². The second kappa shape index (κ2) is 9.11. The summed E-state index contributed by atoms with van der Waals surface area (Å²) < 4.78 is 7.54. The van der Waals surface area contributed by atoms with Crippen molar-refractivity contribution < 1.29 is 9.53 Å². The molecule has 1 amide bonds. The molecule has 0 radical (unpaired) electrons. The predicted molar refractivity (Wildman–Crippen MR) is 114 cm³/mol. The number of nitrogens with zero attached hydrogens (tertiary/aromatic N) is 3. The van der Waals surface area contributed by atoms with Crippen LogP contribution in [0.5, 0.6) is 5.75 Å². The van der Waals surface area contributed by atoms with Crippen molar-refractivity contribution in [3.8, 4) is 17.1 Å². The van der Waals surface area contributed by atoms with Crippen LogP contribution in [0.3, 0.4) is 0 Å². The van der Waals surface area contributed by atoms with Crippen molar-refractivity contribution in [2.45, 2.75) is 18.1 Å². The van der Waals surface area contributed by atoms with Gasteiger partial charge in [0.2, 0.25) is 11.1 Å². The summed E-state index contributed by atoms with van der Waals surface area (Å²) in [6, 6.07) is 15.1. The quantitative estimate of drug-likeness (QED) is 0.413. The maximum Gasteiger partial charge on any atom is 0.230 e. The number of nitrogens with one attached hydrogen (secondary N) is 1. The summed E-state index contributed by atoms with van der Waals surface area (Å²) in [6.07, 6.45) is 0. The summed E-state index contributed by atoms with van der Waals surface area (Å²) in [4.78, 5) is 12.3. The van der Waals surface area contributed by atoms with E-state index in [1.807, 2.05) is 55.5 Å². The Balaban J connectivity index is 1.59. The second-order valence-electron chi connectivity index (χ2n) is 6.03. The highest BCUT2D eigenvalue weighted by Gasteiger charge is 2.15. The van der Waals surface area contributed by atoms with Gasteiger partial charge in [0, 0.05) is 10.0 Å². The summed E-state index contributed by atoms with van der Waals surface area (Å²) in [6.45, 7) is 1.94. The number of hydrogen-bond donors (Lipinski definition) is 2. The highest BCUT2D eigenvalue weighted by molar-refractivity contribution is 9.10. The Morgan fingerprint density at radius 1 is 1.21 bits per heavy atom. The summed E-state index contributed by atoms with van der Waals surface area (Å²) in [7, 11) is 1.61. The molecular weight excluding hydrogens is 442 g/mol. The van der Waals surface area contributed by atoms with Crippen molar-refractivity contribution in [1.82, 2.24) is 20.2 Å². The number of carbonyl (C=O) groups excluding carboxylic acids is 1. The third kappa shape index (κ3) is 4.85. The molecule has 28 heavy (non-hydrogen) atoms. The first kappa shape index (κ1) is 20.2. The minimum atomic E-state index is -0.102. The lowest BCUT2D eigenvalue weighted by atomic mass is 10.1. The largest absolute Gasteiger partial charge is 0.497 e. The van der Waals surface area contributed by atoms with Crippen LogP contribution in [0.25, 0.3) is 11.4 Å². The Morgan fingerprint density at radius 3 is 2.54 bits per heavy atom. The Morgan fingerprint density at radius 2 is 1.89 bits per heavy atom. The molecule has 0 saturated carbocycles. The van der Waals surface area contributed by atoms with Crippen LogP contribution in [-0.2, 0) is 4.79 Å². The third-order valence-electron chi connectivity index (χ3n) is 4.09. The molecule has 0 aliphatic heterocycles. The van der Waals surface area contributed by atoms with Gasteiger partial charge in [0.25, 0.3) is 0 Å². The van der Waals surface area contributed by atoms with E-state index in [1.165, 1.54) is 16.4 Å². The molecule has 0 aliphatic rings. The lowest BCUT2D eigenvalue weighted by molar-refractivity contribution is -0.119. The first-order valence-corrected chi connectivity index (χ1v) is 10.3. The minimum Gasteiger partial charge on any atom is -0.497 e. The zero-order valence-corrected chi connectivity index (χ0v) is 17.8. The van der Waals surface area contributed by atoms with Gasteiger partial charge < -0.3 is 15.9 Å². The molecule has 9 heteroatoms. The predicted octanol–water partition coefficient (Wildman–Crippen LogP) is 3.40. The molecule has 3 rings (SSSR count). The number of halogens is 1. The molecule has 0 bridgehead atoms. The average molecular weight is 462 g/mol. The van der Waals surface area contributed by atoms with Crippen molar-refractivity contribution in [1.29, 1.82) is 0 Å². The fourth-order valence-electron chi connectivity index (χ4n) is 2.56. The summed E-state index contributed by atoms with van der Waals surface area (Å²) in [5.41, 5.74) is 1.85. The van der Waals surface area contributed by atoms with Gasteiger partial charge in [0.05, 0.1) is 18.9 Å². The zero-order chi connectivity index (χ0) is 20.1. The fourth-order valence-corrected chi connectivity index (χ4v) is 3.49. The number of amides is 1. The van der Waals surface area contributed by atoms with Crippen LogP contribution in [0.4, 0.5) is 0 Å². The highest BCUT2D eigenvalue weighted by atomic mass is 79.9. The molecule has 0 spiro atoms. The molecular formula is C19H20BrN5O2S. The smallest absolute Gasteiger partial charge is 0.230 e. The maximum atomic E-state index is 12.3. The van der Waals surface area contributed by atoms with Crippen LogP contribution in [0.1, 0.15) is 18.5 Å². The lowest BCUT2D eigenvalue weighted by Gasteiger charge is -2.14. The molecule has 1 unspecified atom stereocenters. The SMILES string of the molecule is COc1ccc(-c2nnc(SCC(=O)NC(C)c3ccc(Br)cc3)n2N)cc1. The monoisotopic (exact) mass is 461 g/mol. The molecule has 0 saturated heterocycles. The normalized spacial score (nSPS) is 11.8. The number of ether oxygens (including phenoxy) is 1. The van der Waals surface area contributed by atoms with E-state index >= 15 is 0 Å². The highest BCUT2D eigenvalue weighted by Crippen LogP contribution is 2.24. The van der Waals surface area contributed by atoms with E-state index in [-0.39, 0.29) is 17.7 Å². The third-order valence-corrected chi connectivity index (χ3v) is 5.56. The zero-order valence-electron chi connectivity index (χ0n) is 15.4. The van der Waals surface area contributed by atoms with Crippen LogP contribution in [-0.4, -0.2) is 33.6 Å². The molecule has 1 aromatic heterocycles. The molecule has 146 valence electrons. The van der Waals surface area contributed by atoms with Gasteiger partial charge in [-0.1, -0.05) is 39.8 Å². The molecule has 1 atom stereocenters. The summed E-state index contributed by atoms with van der Waals surface area (Å²) in [5.74, 6) is 7.46. The number of thioether (sulfide) groups is 1. The molecule has 7 nitrogen and oxygen atoms in total. The van der Waals surface area contributed by atoms with E-state index in [4.69, 9.17) is 10.6 Å². The molecule has 2 aromatic carbocycles. The van der Waals surface area contributed by atoms with E-state index in [2.05, 4.69) is 31.4 Å². The standard InChI is InChI=1S/C19H20BrN5O2S/c1-12(13-3-7-15(20)8-4-13)22-17(26)11-28-19-24-23-18(25(19)21)14-5-9-16(27-2)10-6-14/h3-10,12H,11,21H2,1-2H3,(H,22,26). The Bertz CT molecular complexity index is 944. The molecule has 1 heterocycles. The Labute approximate surface area is 175 Å². The van der Waals surface area contributed by atoms with Crippen molar-refractivity contribution in [2.24, 2.45) is 0 Å². The van der Waals surface area contributed by atoms with Crippen LogP contribution in [0.2, 0.25) is 0 Å². The van der Waals surface area contributed by atoms with Gasteiger partial charge in [-0.25, -0.2) is 4.68 Å². The molecule has 0 aliphatic carbocycles. The number of aromatic nitrogens is 3. The first-order chi connectivity index (χ1) is 13.5. The number of benzene rings is 2. The van der Waals surface area contributed by atoms with Crippen molar-refractivity contribution in [3.05, 3.63) is 58.6 Å². The number of methoxy groups -OCH3 is 1. The number of carbonyl (C=O) groups is 1. The van der Waals surface area contributed by atoms with Crippen LogP contribution in [0, 0.1) is 0 Å². The van der Waals surface area contributed by atoms with Crippen molar-refractivity contribution in [2.75, 3.05) is 18.7 Å². The van der Waals surface area contributed by atoms with Gasteiger partial charge in [-0.15, -0.1) is 10.2 Å². The summed E-state index contributed by atoms with van der Waals surface area (Å²) in [5, 5.41) is 11.7. The minimum absolute atomic E-state index is 0.0909. The Kier molecular flexibility index (Phi) is 6.58. The van der Waals surface area contributed by atoms with Crippen LogP contribution in [0.15, 0.2) is 58.2 Å². The first-order valence-electron chi connectivity index (χ1n) is 8.50. The van der Waals surface area contributed by atoms with Gasteiger partial charge in [0.15, 0.2) is 5.82 Å². The van der Waals surface area contributed by atoms with Crippen LogP contribution >= 0.6 is 27.7 Å². The van der Waals surface area contributed by atoms with E-state index < -0.39 is 0 Å². The lowest BCUT2D eigenvalue weighted by Crippen LogP contribution is -2.28. The van der Waals surface area contributed by atoms with Crippen LogP contribution < -0.4 is 15.9 Å². The Hall–Kier alpha value is -2.52. The topological polar surface area (TPSA) is 95.1 Å².